The number of nitrogens with zero attached hydrogens (tertiary/aromatic N) is 3. The fraction of sp³-hybridized carbons (Fsp3) is 0.576. The number of hydrazine groups is 1. The number of nitrogens with two attached hydrogens (primary N) is 2. The van der Waals surface area contributed by atoms with Gasteiger partial charge < -0.3 is 40.4 Å². The van der Waals surface area contributed by atoms with Crippen LogP contribution >= 0.6 is 11.3 Å². The highest BCUT2D eigenvalue weighted by atomic mass is 32.1. The van der Waals surface area contributed by atoms with Crippen molar-refractivity contribution < 1.29 is 24.2 Å². The van der Waals surface area contributed by atoms with Crippen molar-refractivity contribution in [3.8, 4) is 10.4 Å². The molecule has 3 fully saturated rings. The molecule has 2 aromatic rings. The van der Waals surface area contributed by atoms with Crippen molar-refractivity contribution in [2.75, 3.05) is 33.9 Å². The number of hydrogen-bond acceptors (Lipinski definition) is 11. The number of amides is 1. The van der Waals surface area contributed by atoms with Crippen LogP contribution in [0.2, 0.25) is 0 Å². The minimum atomic E-state index is -0.391. The predicted octanol–water partition coefficient (Wildman–Crippen LogP) is 3.57. The topological polar surface area (TPSA) is 164 Å². The van der Waals surface area contributed by atoms with Gasteiger partial charge in [0.25, 0.3) is 0 Å². The van der Waals surface area contributed by atoms with Crippen molar-refractivity contribution in [3.63, 3.8) is 0 Å². The quantitative estimate of drug-likeness (QED) is 0.247. The third kappa shape index (κ3) is 11.0. The maximum atomic E-state index is 11.3. The highest BCUT2D eigenvalue weighted by Crippen LogP contribution is 2.37. The van der Waals surface area contributed by atoms with Gasteiger partial charge in [-0.05, 0) is 64.3 Å². The molecular formula is C33H52N6O5S. The van der Waals surface area contributed by atoms with E-state index in [1.165, 1.54) is 24.4 Å². The maximum Gasteiger partial charge on any atom is 0.207 e. The van der Waals surface area contributed by atoms with E-state index in [0.29, 0.717) is 25.5 Å². The first-order valence-corrected chi connectivity index (χ1v) is 16.3. The van der Waals surface area contributed by atoms with Crippen molar-refractivity contribution in [1.29, 1.82) is 0 Å². The molecule has 3 atom stereocenters. The lowest BCUT2D eigenvalue weighted by atomic mass is 9.86. The average molecular weight is 645 g/mol. The molecule has 250 valence electrons. The third-order valence-corrected chi connectivity index (χ3v) is 9.39. The molecular weight excluding hydrogens is 592 g/mol. The highest BCUT2D eigenvalue weighted by Gasteiger charge is 2.39. The second kappa shape index (κ2) is 18.7. The molecule has 0 radical (unpaired) electrons. The van der Waals surface area contributed by atoms with Gasteiger partial charge in [-0.15, -0.1) is 11.3 Å². The molecule has 1 aromatic carbocycles. The third-order valence-electron chi connectivity index (χ3n) is 8.41. The molecule has 1 aliphatic carbocycles. The Hall–Kier alpha value is -3.16. The molecule has 3 aliphatic rings. The molecule has 6 N–H and O–H groups in total. The number of aliphatic hydroxyl groups is 1. The Labute approximate surface area is 272 Å². The van der Waals surface area contributed by atoms with Crippen LogP contribution in [0.15, 0.2) is 41.2 Å². The molecule has 2 saturated heterocycles. The van der Waals surface area contributed by atoms with E-state index in [0.717, 1.165) is 71.7 Å². The van der Waals surface area contributed by atoms with Crippen molar-refractivity contribution in [2.24, 2.45) is 22.9 Å². The highest BCUT2D eigenvalue weighted by molar-refractivity contribution is 7.13. The fourth-order valence-corrected chi connectivity index (χ4v) is 6.04. The standard InChI is InChI=1S/C14H14N2O2S.C12H21N3O2.C6H13N.CH4O/c1-10-14(19-9-16-10)12-4-2-11(3-5-12)13(6-7-17)15-8-18;1-12(2)7-17-6-9(11(13)8-3-4-8)15(14)10(12)5-16;1-6-4-3-5-7(6)2;1-2/h2-5,7-9,13H,6H2,1H3,(H,15,18);5,8,10H,3-4,6-7,13-14H2,1-2H3;6H,3-5H2,1-2H3;2H,1H3/b;11-9-;;. The van der Waals surface area contributed by atoms with Gasteiger partial charge >= 0.3 is 0 Å². The van der Waals surface area contributed by atoms with E-state index in [2.05, 4.69) is 29.2 Å². The number of thiazole rings is 1. The molecule has 0 bridgehead atoms. The molecule has 11 nitrogen and oxygen atoms in total. The number of carbonyl (C=O) groups is 3. The van der Waals surface area contributed by atoms with E-state index < -0.39 is 6.04 Å². The van der Waals surface area contributed by atoms with Crippen molar-refractivity contribution in [2.45, 2.75) is 77.9 Å². The summed E-state index contributed by atoms with van der Waals surface area (Å²) in [4.78, 5) is 40.1. The number of aryl methyl sites for hydroxylation is 1. The molecule has 3 unspecified atom stereocenters. The Morgan fingerprint density at radius 2 is 1.87 bits per heavy atom. The van der Waals surface area contributed by atoms with E-state index in [1.807, 2.05) is 50.5 Å². The Morgan fingerprint density at radius 1 is 1.20 bits per heavy atom. The van der Waals surface area contributed by atoms with Crippen molar-refractivity contribution in [3.05, 3.63) is 52.4 Å². The van der Waals surface area contributed by atoms with Gasteiger partial charge in [0.15, 0.2) is 0 Å². The molecule has 3 heterocycles. The summed E-state index contributed by atoms with van der Waals surface area (Å²) in [6.45, 7) is 10.4. The summed E-state index contributed by atoms with van der Waals surface area (Å²) >= 11 is 1.60. The van der Waals surface area contributed by atoms with Crippen LogP contribution in [0.25, 0.3) is 10.4 Å². The van der Waals surface area contributed by atoms with E-state index >= 15 is 0 Å². The molecule has 45 heavy (non-hydrogen) atoms. The second-order valence-electron chi connectivity index (χ2n) is 12.2. The van der Waals surface area contributed by atoms with E-state index in [4.69, 9.17) is 21.4 Å². The lowest BCUT2D eigenvalue weighted by molar-refractivity contribution is -0.115. The number of likely N-dealkylation sites (tertiary alicyclic amines) is 1. The summed E-state index contributed by atoms with van der Waals surface area (Å²) in [5, 5.41) is 11.2. The van der Waals surface area contributed by atoms with Gasteiger partial charge in [-0.2, -0.15) is 0 Å². The minimum Gasteiger partial charge on any atom is -0.400 e. The molecule has 2 aliphatic heterocycles. The summed E-state index contributed by atoms with van der Waals surface area (Å²) < 4.78 is 5.61. The number of nitrogens with one attached hydrogen (secondary N) is 1. The number of carbonyl (C=O) groups excluding carboxylic acids is 3. The van der Waals surface area contributed by atoms with Crippen LogP contribution in [0.4, 0.5) is 0 Å². The van der Waals surface area contributed by atoms with Crippen molar-refractivity contribution in [1.82, 2.24) is 20.2 Å². The number of rotatable bonds is 8. The summed E-state index contributed by atoms with van der Waals surface area (Å²) in [5.74, 6) is 6.48. The predicted molar refractivity (Wildman–Crippen MR) is 179 cm³/mol. The van der Waals surface area contributed by atoms with Crippen LogP contribution in [-0.4, -0.2) is 85.0 Å². The summed E-state index contributed by atoms with van der Waals surface area (Å²) in [5.41, 5.74) is 12.2. The Morgan fingerprint density at radius 3 is 2.31 bits per heavy atom. The van der Waals surface area contributed by atoms with Gasteiger partial charge in [0.1, 0.15) is 18.6 Å². The van der Waals surface area contributed by atoms with Crippen molar-refractivity contribution >= 4 is 30.3 Å². The van der Waals surface area contributed by atoms with Gasteiger partial charge in [0.05, 0.1) is 41.0 Å². The zero-order valence-corrected chi connectivity index (χ0v) is 28.4. The first-order chi connectivity index (χ1) is 21.5. The monoisotopic (exact) mass is 644 g/mol. The van der Waals surface area contributed by atoms with E-state index in [9.17, 15) is 14.4 Å². The molecule has 1 amide bonds. The average Bonchev–Trinajstić information content (AvgIpc) is 3.72. The molecule has 0 spiro atoms. The number of aromatic nitrogens is 1. The van der Waals surface area contributed by atoms with Crippen LogP contribution in [0, 0.1) is 18.3 Å². The largest absolute Gasteiger partial charge is 0.400 e. The normalized spacial score (nSPS) is 22.5. The van der Waals surface area contributed by atoms with Gasteiger partial charge in [-0.1, -0.05) is 38.1 Å². The molecule has 12 heteroatoms. The zero-order chi connectivity index (χ0) is 33.6. The van der Waals surface area contributed by atoms with Crippen LogP contribution in [0.3, 0.4) is 0 Å². The van der Waals surface area contributed by atoms with Gasteiger partial charge in [0, 0.05) is 36.6 Å². The Bertz CT molecular complexity index is 1210. The van der Waals surface area contributed by atoms with Gasteiger partial charge in [-0.25, -0.2) is 10.8 Å². The molecule has 5 rings (SSSR count). The van der Waals surface area contributed by atoms with Gasteiger partial charge in [0.2, 0.25) is 6.41 Å². The summed E-state index contributed by atoms with van der Waals surface area (Å²) in [6.07, 6.45) is 7.61. The lowest BCUT2D eigenvalue weighted by Gasteiger charge is -2.34. The number of hydrogen-bond donors (Lipinski definition) is 4. The maximum absolute atomic E-state index is 11.3. The fourth-order valence-electron chi connectivity index (χ4n) is 5.23. The minimum absolute atomic E-state index is 0.258. The first-order valence-electron chi connectivity index (χ1n) is 15.4. The zero-order valence-electron chi connectivity index (χ0n) is 27.6. The molecule has 1 saturated carbocycles. The van der Waals surface area contributed by atoms with Crippen LogP contribution in [-0.2, 0) is 19.1 Å². The number of ether oxygens (including phenoxy) is 1. The number of aliphatic hydroxyl groups excluding tert-OH is 1. The molecule has 1 aromatic heterocycles. The van der Waals surface area contributed by atoms with Gasteiger partial charge in [-0.3, -0.25) is 4.79 Å². The number of allylic oxidation sites excluding steroid dienone is 1. The summed E-state index contributed by atoms with van der Waals surface area (Å²) in [6, 6.07) is 8.03. The Balaban J connectivity index is 0.000000248. The van der Waals surface area contributed by atoms with Crippen LogP contribution in [0.1, 0.15) is 70.2 Å². The van der Waals surface area contributed by atoms with E-state index in [-0.39, 0.29) is 17.9 Å². The van der Waals surface area contributed by atoms with Crippen LogP contribution in [0.5, 0.6) is 0 Å². The Kier molecular flexibility index (Phi) is 15.8. The number of aldehydes is 2. The second-order valence-corrected chi connectivity index (χ2v) is 13.1. The number of benzene rings is 1. The van der Waals surface area contributed by atoms with Crippen LogP contribution < -0.4 is 16.9 Å². The van der Waals surface area contributed by atoms with E-state index in [1.54, 1.807) is 11.3 Å². The summed E-state index contributed by atoms with van der Waals surface area (Å²) in [7, 11) is 3.19. The smallest absolute Gasteiger partial charge is 0.207 e. The first kappa shape index (κ1) is 38.0. The lowest BCUT2D eigenvalue weighted by Crippen LogP contribution is -2.50. The SMILES string of the molecule is CC1(C)COC/C(=C(/N)C2CC2)N(N)C1C=O.CC1CCCN1C.CO.Cc1ncsc1-c1ccc(C(CC=O)NC=O)cc1.